The Hall–Kier alpha value is -0.690. The fraction of sp³-hybridized carbons (Fsp3) is 0.875. The molecule has 0 bridgehead atoms. The lowest BCUT2D eigenvalue weighted by atomic mass is 10.8. The third kappa shape index (κ3) is 11.6. The van der Waals surface area contributed by atoms with E-state index in [9.17, 15) is 26.3 Å². The van der Waals surface area contributed by atoms with Gasteiger partial charge in [-0.05, 0) is 11.8 Å². The zero-order valence-corrected chi connectivity index (χ0v) is 13.0. The molecule has 0 fully saturated rings. The molecular formula is C8H14F6N2O3S2. The second-order valence-corrected chi connectivity index (χ2v) is 6.19. The maximum Gasteiger partial charge on any atom is 0.485 e. The van der Waals surface area contributed by atoms with Crippen LogP contribution in [0.2, 0.25) is 0 Å². The Labute approximate surface area is 122 Å². The van der Waals surface area contributed by atoms with Crippen LogP contribution in [0.5, 0.6) is 0 Å². The van der Waals surface area contributed by atoms with Gasteiger partial charge in [0.2, 0.25) is 0 Å². The van der Waals surface area contributed by atoms with Crippen molar-refractivity contribution >= 4 is 27.0 Å². The number of hydrogen-bond donors (Lipinski definition) is 0. The number of nitrogens with zero attached hydrogens (tertiary/aromatic N) is 2. The molecule has 0 rings (SSSR count). The van der Waals surface area contributed by atoms with Crippen LogP contribution in [0.4, 0.5) is 26.3 Å². The van der Waals surface area contributed by atoms with Gasteiger partial charge in [-0.1, -0.05) is 0 Å². The van der Waals surface area contributed by atoms with Gasteiger partial charge >= 0.3 is 16.9 Å². The first-order valence-electron chi connectivity index (χ1n) is 4.92. The highest BCUT2D eigenvalue weighted by molar-refractivity contribution is 8.13. The van der Waals surface area contributed by atoms with Crippen LogP contribution >= 0.6 is 11.8 Å². The highest BCUT2D eigenvalue weighted by Crippen LogP contribution is 2.22. The molecule has 0 saturated carbocycles. The minimum absolute atomic E-state index is 0.595. The molecule has 0 atom stereocenters. The Morgan fingerprint density at radius 3 is 1.62 bits per heavy atom. The Bertz CT molecular complexity index is 452. The lowest BCUT2D eigenvalue weighted by Gasteiger charge is -2.11. The van der Waals surface area contributed by atoms with Crippen molar-refractivity contribution in [3.8, 4) is 0 Å². The largest absolute Gasteiger partial charge is 0.741 e. The monoisotopic (exact) mass is 364 g/mol. The number of amidine groups is 1. The molecule has 13 heteroatoms. The van der Waals surface area contributed by atoms with Crippen molar-refractivity contribution in [1.29, 1.82) is 0 Å². The highest BCUT2D eigenvalue weighted by Gasteiger charge is 2.36. The van der Waals surface area contributed by atoms with E-state index < -0.39 is 27.6 Å². The van der Waals surface area contributed by atoms with Gasteiger partial charge in [-0.3, -0.25) is 9.48 Å². The predicted octanol–water partition coefficient (Wildman–Crippen LogP) is 1.52. The van der Waals surface area contributed by atoms with Crippen LogP contribution in [0.1, 0.15) is 0 Å². The smallest absolute Gasteiger partial charge is 0.485 e. The van der Waals surface area contributed by atoms with E-state index in [4.69, 9.17) is 13.0 Å². The lowest BCUT2D eigenvalue weighted by Crippen LogP contribution is -2.28. The summed E-state index contributed by atoms with van der Waals surface area (Å²) in [7, 11) is 0.793. The van der Waals surface area contributed by atoms with Crippen molar-refractivity contribution in [2.45, 2.75) is 11.7 Å². The Morgan fingerprint density at radius 2 is 1.48 bits per heavy atom. The molecule has 0 aliphatic carbocycles. The zero-order valence-electron chi connectivity index (χ0n) is 11.4. The molecule has 0 aromatic heterocycles. The fourth-order valence-electron chi connectivity index (χ4n) is 0.805. The van der Waals surface area contributed by atoms with Crippen molar-refractivity contribution in [1.82, 2.24) is 4.90 Å². The van der Waals surface area contributed by atoms with E-state index in [1.165, 1.54) is 0 Å². The van der Waals surface area contributed by atoms with Crippen molar-refractivity contribution in [2.24, 2.45) is 0 Å². The molecule has 0 aliphatic heterocycles. The van der Waals surface area contributed by atoms with E-state index in [1.807, 2.05) is 0 Å². The second-order valence-electron chi connectivity index (χ2n) is 3.88. The first kappa shape index (κ1) is 22.6. The van der Waals surface area contributed by atoms with E-state index >= 15 is 0 Å². The SMILES string of the molecule is CN(C)C(SCC(F)(F)F)=[N+](C)C.O=S(=O)([O-])C(F)(F)F. The van der Waals surface area contributed by atoms with Crippen LogP contribution in [-0.4, -0.2) is 73.2 Å². The van der Waals surface area contributed by atoms with Gasteiger partial charge in [-0.2, -0.15) is 26.3 Å². The van der Waals surface area contributed by atoms with Gasteiger partial charge in [0.1, 0.15) is 5.75 Å². The summed E-state index contributed by atoms with van der Waals surface area (Å²) in [5.41, 5.74) is -5.65. The minimum atomic E-state index is -6.09. The Kier molecular flexibility index (Phi) is 8.69. The second kappa shape index (κ2) is 8.08. The maximum atomic E-state index is 11.9. The van der Waals surface area contributed by atoms with Crippen molar-refractivity contribution in [2.75, 3.05) is 33.9 Å². The van der Waals surface area contributed by atoms with Gasteiger partial charge < -0.3 is 4.55 Å². The van der Waals surface area contributed by atoms with Crippen LogP contribution in [0.15, 0.2) is 0 Å². The molecular weight excluding hydrogens is 350 g/mol. The number of halogens is 6. The topological polar surface area (TPSA) is 63.5 Å². The number of hydrogen-bond acceptors (Lipinski definition) is 4. The average Bonchev–Trinajstić information content (AvgIpc) is 2.11. The van der Waals surface area contributed by atoms with Crippen LogP contribution < -0.4 is 0 Å². The number of rotatable bonds is 1. The zero-order chi connectivity index (χ0) is 17.6. The van der Waals surface area contributed by atoms with Gasteiger partial charge in [0.25, 0.3) is 0 Å². The Morgan fingerprint density at radius 1 is 1.14 bits per heavy atom. The molecule has 0 unspecified atom stereocenters. The van der Waals surface area contributed by atoms with E-state index in [-0.39, 0.29) is 0 Å². The first-order chi connectivity index (χ1) is 8.99. The normalized spacial score (nSPS) is 12.3. The lowest BCUT2D eigenvalue weighted by molar-refractivity contribution is -0.466. The fourth-order valence-corrected chi connectivity index (χ4v) is 1.61. The van der Waals surface area contributed by atoms with Gasteiger partial charge in [0.05, 0.1) is 28.2 Å². The van der Waals surface area contributed by atoms with Crippen molar-refractivity contribution < 1.29 is 43.9 Å². The van der Waals surface area contributed by atoms with E-state index in [0.29, 0.717) is 5.17 Å². The maximum absolute atomic E-state index is 11.9. The summed E-state index contributed by atoms with van der Waals surface area (Å²) in [5.74, 6) is -0.849. The minimum Gasteiger partial charge on any atom is -0.741 e. The van der Waals surface area contributed by atoms with Crippen molar-refractivity contribution in [3.63, 3.8) is 0 Å². The quantitative estimate of drug-likeness (QED) is 0.176. The molecule has 0 radical (unpaired) electrons. The molecule has 0 heterocycles. The number of thioether (sulfide) groups is 1. The molecule has 0 amide bonds. The van der Waals surface area contributed by atoms with E-state index in [2.05, 4.69) is 0 Å². The summed E-state index contributed by atoms with van der Waals surface area (Å²) in [6.45, 7) is 0. The summed E-state index contributed by atoms with van der Waals surface area (Å²) in [6, 6.07) is 0. The van der Waals surface area contributed by atoms with Crippen LogP contribution in [0.25, 0.3) is 0 Å². The van der Waals surface area contributed by atoms with Crippen LogP contribution in [0, 0.1) is 0 Å². The molecule has 0 N–H and O–H groups in total. The molecule has 0 aromatic rings. The van der Waals surface area contributed by atoms with Gasteiger partial charge in [0.15, 0.2) is 10.1 Å². The molecule has 0 aliphatic rings. The standard InChI is InChI=1S/C7H14F3N2S.CHF3O3S/c1-11(2)6(12(3)4)13-5-7(8,9)10;2-1(3,4)8(5,6)7/h5H2,1-4H3;(H,5,6,7)/q+1;/p-1. The first-order valence-corrected chi connectivity index (χ1v) is 7.31. The third-order valence-corrected chi connectivity index (χ3v) is 3.44. The molecule has 0 aromatic carbocycles. The number of alkyl halides is 6. The molecule has 21 heavy (non-hydrogen) atoms. The van der Waals surface area contributed by atoms with E-state index in [1.54, 1.807) is 37.7 Å². The molecule has 5 nitrogen and oxygen atoms in total. The van der Waals surface area contributed by atoms with Gasteiger partial charge in [-0.25, -0.2) is 8.42 Å². The summed E-state index contributed by atoms with van der Waals surface area (Å²) in [6.07, 6.45) is -4.11. The van der Waals surface area contributed by atoms with Gasteiger partial charge in [-0.15, -0.1) is 0 Å². The van der Waals surface area contributed by atoms with Gasteiger partial charge in [0, 0.05) is 0 Å². The van der Waals surface area contributed by atoms with Crippen LogP contribution in [0.3, 0.4) is 0 Å². The summed E-state index contributed by atoms with van der Waals surface area (Å²) >= 11 is 0.788. The van der Waals surface area contributed by atoms with Crippen molar-refractivity contribution in [3.05, 3.63) is 0 Å². The Balaban J connectivity index is 0. The average molecular weight is 364 g/mol. The summed E-state index contributed by atoms with van der Waals surface area (Å²) in [4.78, 5) is 1.66. The third-order valence-electron chi connectivity index (χ3n) is 1.41. The molecule has 0 spiro atoms. The summed E-state index contributed by atoms with van der Waals surface area (Å²) in [5, 5.41) is 0.595. The highest BCUT2D eigenvalue weighted by atomic mass is 32.2. The summed E-state index contributed by atoms with van der Waals surface area (Å²) < 4.78 is 96.2. The molecule has 0 saturated heterocycles. The predicted molar refractivity (Wildman–Crippen MR) is 65.1 cm³/mol. The van der Waals surface area contributed by atoms with Crippen LogP contribution in [-0.2, 0) is 10.1 Å². The van der Waals surface area contributed by atoms with E-state index in [0.717, 1.165) is 11.8 Å². The molecule has 128 valence electrons.